The van der Waals surface area contributed by atoms with Gasteiger partial charge in [-0.25, -0.2) is 0 Å². The van der Waals surface area contributed by atoms with Crippen molar-refractivity contribution < 1.29 is 4.74 Å². The first kappa shape index (κ1) is 7.37. The third-order valence-electron chi connectivity index (χ3n) is 1.69. The molecule has 0 saturated heterocycles. The molecule has 0 N–H and O–H groups in total. The van der Waals surface area contributed by atoms with Crippen molar-refractivity contribution in [3.05, 3.63) is 17.7 Å². The topological polar surface area (TPSA) is 9.23 Å². The van der Waals surface area contributed by atoms with Crippen LogP contribution in [0.15, 0.2) is 21.9 Å². The summed E-state index contributed by atoms with van der Waals surface area (Å²) in [7, 11) is 0. The molecule has 1 heterocycles. The Bertz CT molecular complexity index is 267. The fraction of sp³-hybridized carbons (Fsp3) is 0.250. The molecule has 58 valence electrons. The van der Waals surface area contributed by atoms with Crippen LogP contribution in [0.3, 0.4) is 0 Å². The van der Waals surface area contributed by atoms with Crippen molar-refractivity contribution in [2.24, 2.45) is 0 Å². The van der Waals surface area contributed by atoms with Crippen LogP contribution in [0.25, 0.3) is 0 Å². The van der Waals surface area contributed by atoms with Crippen LogP contribution < -0.4 is 4.74 Å². The van der Waals surface area contributed by atoms with Gasteiger partial charge in [-0.1, -0.05) is 11.8 Å². The van der Waals surface area contributed by atoms with Crippen LogP contribution in [0.5, 0.6) is 5.75 Å². The maximum atomic E-state index is 5.35. The van der Waals surface area contributed by atoms with Gasteiger partial charge >= 0.3 is 0 Å². The smallest absolute Gasteiger partial charge is 0.138 e. The number of hydrogen-bond donors (Lipinski definition) is 1. The van der Waals surface area contributed by atoms with Crippen molar-refractivity contribution in [1.82, 2.24) is 0 Å². The molecule has 11 heavy (non-hydrogen) atoms. The fourth-order valence-corrected chi connectivity index (χ4v) is 2.05. The first-order valence-electron chi connectivity index (χ1n) is 3.36. The Hall–Kier alpha value is -0.280. The molecule has 0 saturated carbocycles. The lowest BCUT2D eigenvalue weighted by Crippen LogP contribution is -1.83. The molecule has 0 amide bonds. The maximum absolute atomic E-state index is 5.35. The Labute approximate surface area is 75.5 Å². The average Bonchev–Trinajstić information content (AvgIpc) is 2.36. The number of ether oxygens (including phenoxy) is 1. The zero-order valence-corrected chi connectivity index (χ0v) is 7.84. The Morgan fingerprint density at radius 1 is 1.55 bits per heavy atom. The summed E-state index contributed by atoms with van der Waals surface area (Å²) in [5.74, 6) is 1.72. The number of rotatable bonds is 0. The predicted octanol–water partition coefficient (Wildman–Crippen LogP) is 2.73. The summed E-state index contributed by atoms with van der Waals surface area (Å²) in [5.41, 5.74) is 1.21. The van der Waals surface area contributed by atoms with E-state index in [0.29, 0.717) is 0 Å². The van der Waals surface area contributed by atoms with Gasteiger partial charge in [0.1, 0.15) is 11.7 Å². The van der Waals surface area contributed by atoms with Crippen LogP contribution in [0.2, 0.25) is 0 Å². The van der Waals surface area contributed by atoms with E-state index in [-0.39, 0.29) is 0 Å². The molecule has 1 nitrogen and oxygen atoms in total. The lowest BCUT2D eigenvalue weighted by molar-refractivity contribution is 0.396. The molecule has 1 aromatic carbocycles. The van der Waals surface area contributed by atoms with E-state index in [1.165, 1.54) is 10.5 Å². The van der Waals surface area contributed by atoms with Crippen LogP contribution >= 0.6 is 24.4 Å². The van der Waals surface area contributed by atoms with E-state index < -0.39 is 0 Å². The third-order valence-corrected chi connectivity index (χ3v) is 3.04. The highest BCUT2D eigenvalue weighted by Gasteiger charge is 2.13. The standard InChI is InChI=1S/C8H8OS2/c1-5-2-8-6(3-7(5)10)9-4-11-8/h2-3,10H,4H2,1H3. The zero-order chi connectivity index (χ0) is 7.84. The largest absolute Gasteiger partial charge is 0.481 e. The lowest BCUT2D eigenvalue weighted by Gasteiger charge is -2.01. The zero-order valence-electron chi connectivity index (χ0n) is 6.13. The molecule has 0 aromatic heterocycles. The number of thiol groups is 1. The first-order chi connectivity index (χ1) is 5.27. The van der Waals surface area contributed by atoms with E-state index in [4.69, 9.17) is 4.74 Å². The lowest BCUT2D eigenvalue weighted by atomic mass is 10.2. The Morgan fingerprint density at radius 3 is 3.18 bits per heavy atom. The molecule has 1 aliphatic heterocycles. The molecule has 2 rings (SSSR count). The summed E-state index contributed by atoms with van der Waals surface area (Å²) in [6.07, 6.45) is 0. The first-order valence-corrected chi connectivity index (χ1v) is 4.80. The van der Waals surface area contributed by atoms with Crippen molar-refractivity contribution in [2.75, 3.05) is 5.94 Å². The quantitative estimate of drug-likeness (QED) is 0.621. The minimum Gasteiger partial charge on any atom is -0.481 e. The number of aryl methyl sites for hydroxylation is 1. The SMILES string of the molecule is Cc1cc2c(cc1S)OCS2. The molecule has 0 radical (unpaired) electrons. The molecule has 0 fully saturated rings. The number of hydrogen-bond acceptors (Lipinski definition) is 3. The van der Waals surface area contributed by atoms with Crippen molar-refractivity contribution in [3.63, 3.8) is 0 Å². The second-order valence-corrected chi connectivity index (χ2v) is 3.94. The van der Waals surface area contributed by atoms with Gasteiger partial charge in [0, 0.05) is 4.90 Å². The summed E-state index contributed by atoms with van der Waals surface area (Å²) in [6, 6.07) is 4.10. The van der Waals surface area contributed by atoms with Gasteiger partial charge in [-0.2, -0.15) is 0 Å². The van der Waals surface area contributed by atoms with Crippen LogP contribution in [0, 0.1) is 6.92 Å². The Balaban J connectivity index is 2.57. The molecular weight excluding hydrogens is 176 g/mol. The predicted molar refractivity (Wildman–Crippen MR) is 49.8 cm³/mol. The van der Waals surface area contributed by atoms with Gasteiger partial charge in [-0.3, -0.25) is 0 Å². The molecule has 0 unspecified atom stereocenters. The fourth-order valence-electron chi connectivity index (χ4n) is 1.03. The van der Waals surface area contributed by atoms with Gasteiger partial charge in [-0.05, 0) is 24.6 Å². The minimum absolute atomic E-state index is 0.742. The van der Waals surface area contributed by atoms with Gasteiger partial charge in [0.25, 0.3) is 0 Å². The average molecular weight is 184 g/mol. The molecule has 0 bridgehead atoms. The van der Waals surface area contributed by atoms with E-state index in [0.717, 1.165) is 16.6 Å². The Kier molecular flexibility index (Phi) is 1.77. The van der Waals surface area contributed by atoms with Gasteiger partial charge in [0.05, 0.1) is 4.90 Å². The van der Waals surface area contributed by atoms with Crippen LogP contribution in [0.4, 0.5) is 0 Å². The van der Waals surface area contributed by atoms with E-state index in [1.807, 2.05) is 6.07 Å². The summed E-state index contributed by atoms with van der Waals surface area (Å²) in [6.45, 7) is 2.06. The van der Waals surface area contributed by atoms with Crippen molar-refractivity contribution >= 4 is 24.4 Å². The third kappa shape index (κ3) is 1.23. The van der Waals surface area contributed by atoms with E-state index in [1.54, 1.807) is 11.8 Å². The van der Waals surface area contributed by atoms with Crippen LogP contribution in [-0.2, 0) is 0 Å². The second kappa shape index (κ2) is 2.64. The molecule has 0 aliphatic carbocycles. The summed E-state index contributed by atoms with van der Waals surface area (Å²) < 4.78 is 5.35. The molecule has 0 spiro atoms. The molecule has 0 atom stereocenters. The second-order valence-electron chi connectivity index (χ2n) is 2.49. The van der Waals surface area contributed by atoms with E-state index in [9.17, 15) is 0 Å². The van der Waals surface area contributed by atoms with E-state index in [2.05, 4.69) is 25.6 Å². The summed E-state index contributed by atoms with van der Waals surface area (Å²) in [4.78, 5) is 2.24. The highest BCUT2D eigenvalue weighted by Crippen LogP contribution is 2.38. The summed E-state index contributed by atoms with van der Waals surface area (Å²) >= 11 is 6.04. The van der Waals surface area contributed by atoms with Crippen molar-refractivity contribution in [1.29, 1.82) is 0 Å². The molecule has 1 aliphatic rings. The number of fused-ring (bicyclic) bond motifs is 1. The van der Waals surface area contributed by atoms with Gasteiger partial charge < -0.3 is 4.74 Å². The minimum atomic E-state index is 0.742. The van der Waals surface area contributed by atoms with Crippen molar-refractivity contribution in [3.8, 4) is 5.75 Å². The molecule has 3 heteroatoms. The van der Waals surface area contributed by atoms with Crippen LogP contribution in [0.1, 0.15) is 5.56 Å². The van der Waals surface area contributed by atoms with Gasteiger partial charge in [0.15, 0.2) is 0 Å². The van der Waals surface area contributed by atoms with Crippen LogP contribution in [-0.4, -0.2) is 5.94 Å². The number of benzene rings is 1. The maximum Gasteiger partial charge on any atom is 0.138 e. The number of thioether (sulfide) groups is 1. The van der Waals surface area contributed by atoms with E-state index >= 15 is 0 Å². The Morgan fingerprint density at radius 2 is 2.36 bits per heavy atom. The molecule has 1 aromatic rings. The molecular formula is C8H8OS2. The van der Waals surface area contributed by atoms with Gasteiger partial charge in [0.2, 0.25) is 0 Å². The monoisotopic (exact) mass is 184 g/mol. The summed E-state index contributed by atoms with van der Waals surface area (Å²) in [5, 5.41) is 0. The highest BCUT2D eigenvalue weighted by atomic mass is 32.2. The van der Waals surface area contributed by atoms with Gasteiger partial charge in [-0.15, -0.1) is 12.6 Å². The van der Waals surface area contributed by atoms with Crippen molar-refractivity contribution in [2.45, 2.75) is 16.7 Å². The normalized spacial score (nSPS) is 14.4. The highest BCUT2D eigenvalue weighted by molar-refractivity contribution is 7.99.